The zero-order valence-corrected chi connectivity index (χ0v) is 21.3. The third kappa shape index (κ3) is 7.20. The van der Waals surface area contributed by atoms with Gasteiger partial charge in [-0.25, -0.2) is 0 Å². The molecule has 0 nitrogen and oxygen atoms in total. The van der Waals surface area contributed by atoms with Crippen molar-refractivity contribution in [2.75, 3.05) is 0 Å². The smallest absolute Gasteiger partial charge is 0.0150 e. The lowest BCUT2D eigenvalue weighted by Gasteiger charge is -2.29. The van der Waals surface area contributed by atoms with Gasteiger partial charge in [0.25, 0.3) is 0 Å². The van der Waals surface area contributed by atoms with E-state index in [1.54, 1.807) is 5.56 Å². The summed E-state index contributed by atoms with van der Waals surface area (Å²) in [5.74, 6) is 2.23. The van der Waals surface area contributed by atoms with Gasteiger partial charge in [-0.05, 0) is 110 Å². The Morgan fingerprint density at radius 3 is 2.03 bits per heavy atom. The van der Waals surface area contributed by atoms with Crippen LogP contribution in [0.15, 0.2) is 91.0 Å². The van der Waals surface area contributed by atoms with Gasteiger partial charge in [0.15, 0.2) is 0 Å². The van der Waals surface area contributed by atoms with Gasteiger partial charge >= 0.3 is 0 Å². The van der Waals surface area contributed by atoms with Gasteiger partial charge in [0.2, 0.25) is 0 Å². The molecule has 0 N–H and O–H groups in total. The molecule has 0 aliphatic heterocycles. The Bertz CT molecular complexity index is 986. The molecule has 0 spiro atoms. The molecule has 1 fully saturated rings. The Balaban J connectivity index is 1.19. The first-order valence-corrected chi connectivity index (χ1v) is 13.5. The minimum atomic E-state index is 0.566. The average Bonchev–Trinajstić information content (AvgIpc) is 2.90. The Labute approximate surface area is 208 Å². The second-order valence-electron chi connectivity index (χ2n) is 10.4. The van der Waals surface area contributed by atoms with Crippen molar-refractivity contribution in [3.05, 3.63) is 119 Å². The van der Waals surface area contributed by atoms with Crippen LogP contribution in [-0.4, -0.2) is 0 Å². The Hall–Kier alpha value is -2.60. The second kappa shape index (κ2) is 12.7. The molecule has 0 heteroatoms. The second-order valence-corrected chi connectivity index (χ2v) is 10.4. The van der Waals surface area contributed by atoms with Crippen LogP contribution < -0.4 is 0 Å². The van der Waals surface area contributed by atoms with Gasteiger partial charge in [-0.15, -0.1) is 0 Å². The van der Waals surface area contributed by atoms with Crippen LogP contribution in [-0.2, 0) is 19.3 Å². The molecule has 1 atom stereocenters. The average molecular weight is 451 g/mol. The van der Waals surface area contributed by atoms with Gasteiger partial charge in [0, 0.05) is 0 Å². The summed E-state index contributed by atoms with van der Waals surface area (Å²) < 4.78 is 0. The van der Waals surface area contributed by atoms with E-state index < -0.39 is 0 Å². The molecule has 4 rings (SSSR count). The van der Waals surface area contributed by atoms with E-state index in [1.165, 1.54) is 60.8 Å². The number of benzene rings is 3. The summed E-state index contributed by atoms with van der Waals surface area (Å²) in [5.41, 5.74) is 7.42. The van der Waals surface area contributed by atoms with Gasteiger partial charge in [-0.2, -0.15) is 0 Å². The quantitative estimate of drug-likeness (QED) is 0.270. The number of hydrogen-bond acceptors (Lipinski definition) is 0. The van der Waals surface area contributed by atoms with Gasteiger partial charge in [0.05, 0.1) is 0 Å². The summed E-state index contributed by atoms with van der Waals surface area (Å²) in [6.07, 6.45) is 15.9. The minimum Gasteiger partial charge on any atom is -0.0917 e. The van der Waals surface area contributed by atoms with Crippen molar-refractivity contribution in [1.29, 1.82) is 0 Å². The molecule has 1 aliphatic carbocycles. The Kier molecular flexibility index (Phi) is 9.19. The molecule has 0 heterocycles. The summed E-state index contributed by atoms with van der Waals surface area (Å²) in [6.45, 7) is 4.43. The summed E-state index contributed by atoms with van der Waals surface area (Å²) in [4.78, 5) is 0. The molecule has 178 valence electrons. The lowest BCUT2D eigenvalue weighted by atomic mass is 9.76. The lowest BCUT2D eigenvalue weighted by Crippen LogP contribution is -2.14. The molecule has 0 saturated heterocycles. The van der Waals surface area contributed by atoms with Crippen LogP contribution in [0.2, 0.25) is 0 Å². The SMILES string of the molecule is CC=CCCc1ccc(C2CCC(CCc3ccc(C[C@H](C)c4ccccc4)cc3)CC2)cc1. The van der Waals surface area contributed by atoms with Crippen LogP contribution in [0.3, 0.4) is 0 Å². The van der Waals surface area contributed by atoms with E-state index in [0.29, 0.717) is 5.92 Å². The summed E-state index contributed by atoms with van der Waals surface area (Å²) >= 11 is 0. The van der Waals surface area contributed by atoms with Gasteiger partial charge in [-0.3, -0.25) is 0 Å². The molecule has 34 heavy (non-hydrogen) atoms. The summed E-state index contributed by atoms with van der Waals surface area (Å²) in [7, 11) is 0. The predicted molar refractivity (Wildman–Crippen MR) is 148 cm³/mol. The molecule has 0 amide bonds. The van der Waals surface area contributed by atoms with E-state index >= 15 is 0 Å². The normalized spacial score (nSPS) is 19.4. The third-order valence-corrected chi connectivity index (χ3v) is 7.91. The van der Waals surface area contributed by atoms with E-state index in [9.17, 15) is 0 Å². The molecule has 0 unspecified atom stereocenters. The van der Waals surface area contributed by atoms with Crippen LogP contribution in [0.25, 0.3) is 0 Å². The van der Waals surface area contributed by atoms with Crippen LogP contribution in [0.5, 0.6) is 0 Å². The standard InChI is InChI=1S/C34H42/c1-3-4-6-9-28-18-22-33(23-19-28)34-24-20-30(21-25-34)13-12-29-14-16-31(17-15-29)26-27(2)32-10-7-5-8-11-32/h3-5,7-8,10-11,14-19,22-23,27,30,34H,6,9,12-13,20-21,24-26H2,1-2H3/t27-,30?,34?/m0/s1. The fraction of sp³-hybridized carbons (Fsp3) is 0.412. The molecule has 3 aromatic rings. The molecule has 3 aromatic carbocycles. The Morgan fingerprint density at radius 1 is 0.735 bits per heavy atom. The first kappa shape index (κ1) is 24.5. The van der Waals surface area contributed by atoms with E-state index in [0.717, 1.165) is 31.1 Å². The highest BCUT2D eigenvalue weighted by atomic mass is 14.3. The zero-order valence-electron chi connectivity index (χ0n) is 21.3. The minimum absolute atomic E-state index is 0.566. The fourth-order valence-electron chi connectivity index (χ4n) is 5.62. The highest BCUT2D eigenvalue weighted by molar-refractivity contribution is 5.28. The highest BCUT2D eigenvalue weighted by Gasteiger charge is 2.22. The van der Waals surface area contributed by atoms with Gasteiger partial charge in [0.1, 0.15) is 0 Å². The third-order valence-electron chi connectivity index (χ3n) is 7.91. The molecular weight excluding hydrogens is 408 g/mol. The lowest BCUT2D eigenvalue weighted by molar-refractivity contribution is 0.310. The molecule has 1 saturated carbocycles. The number of aryl methyl sites for hydroxylation is 2. The van der Waals surface area contributed by atoms with Gasteiger partial charge < -0.3 is 0 Å². The van der Waals surface area contributed by atoms with Crippen LogP contribution >= 0.6 is 0 Å². The molecule has 0 radical (unpaired) electrons. The zero-order chi connectivity index (χ0) is 23.6. The van der Waals surface area contributed by atoms with Crippen LogP contribution in [0, 0.1) is 5.92 Å². The highest BCUT2D eigenvalue weighted by Crippen LogP contribution is 2.37. The monoisotopic (exact) mass is 450 g/mol. The Morgan fingerprint density at radius 2 is 1.35 bits per heavy atom. The van der Waals surface area contributed by atoms with Gasteiger partial charge in [-0.1, -0.05) is 97.9 Å². The first-order valence-electron chi connectivity index (χ1n) is 13.5. The topological polar surface area (TPSA) is 0 Å². The van der Waals surface area contributed by atoms with Crippen LogP contribution in [0.4, 0.5) is 0 Å². The summed E-state index contributed by atoms with van der Waals surface area (Å²) in [5, 5.41) is 0. The van der Waals surface area contributed by atoms with E-state index in [-0.39, 0.29) is 0 Å². The molecule has 0 bridgehead atoms. The van der Waals surface area contributed by atoms with E-state index in [1.807, 2.05) is 0 Å². The maximum atomic E-state index is 2.40. The van der Waals surface area contributed by atoms with Crippen LogP contribution in [0.1, 0.15) is 92.0 Å². The van der Waals surface area contributed by atoms with Crippen molar-refractivity contribution in [3.63, 3.8) is 0 Å². The number of hydrogen-bond donors (Lipinski definition) is 0. The van der Waals surface area contributed by atoms with Crippen molar-refractivity contribution >= 4 is 0 Å². The fourth-order valence-corrected chi connectivity index (χ4v) is 5.62. The number of rotatable bonds is 10. The predicted octanol–water partition coefficient (Wildman–Crippen LogP) is 9.45. The molecule has 1 aliphatic rings. The van der Waals surface area contributed by atoms with E-state index in [4.69, 9.17) is 0 Å². The maximum Gasteiger partial charge on any atom is -0.0150 e. The largest absolute Gasteiger partial charge is 0.0917 e. The first-order chi connectivity index (χ1) is 16.7. The maximum absolute atomic E-state index is 2.40. The van der Waals surface area contributed by atoms with Crippen molar-refractivity contribution < 1.29 is 0 Å². The molecular formula is C34H42. The van der Waals surface area contributed by atoms with Crippen molar-refractivity contribution in [1.82, 2.24) is 0 Å². The molecule has 0 aromatic heterocycles. The van der Waals surface area contributed by atoms with E-state index in [2.05, 4.69) is 105 Å². The van der Waals surface area contributed by atoms with Crippen molar-refractivity contribution in [2.24, 2.45) is 5.92 Å². The van der Waals surface area contributed by atoms with Crippen molar-refractivity contribution in [2.45, 2.75) is 83.5 Å². The van der Waals surface area contributed by atoms with Crippen molar-refractivity contribution in [3.8, 4) is 0 Å². The number of allylic oxidation sites excluding steroid dienone is 2. The summed E-state index contributed by atoms with van der Waals surface area (Å²) in [6, 6.07) is 29.8.